The molecule has 3 nitrogen and oxygen atoms in total. The Morgan fingerprint density at radius 2 is 1.52 bits per heavy atom. The van der Waals surface area contributed by atoms with Crippen molar-refractivity contribution in [3.8, 4) is 28.0 Å². The van der Waals surface area contributed by atoms with Crippen molar-refractivity contribution in [2.45, 2.75) is 6.18 Å². The molecule has 0 saturated carbocycles. The molecule has 3 aromatic rings. The van der Waals surface area contributed by atoms with Gasteiger partial charge in [0.2, 0.25) is 0 Å². The molecule has 0 heterocycles. The number of rotatable bonds is 5. The van der Waals surface area contributed by atoms with E-state index in [2.05, 4.69) is 0 Å². The summed E-state index contributed by atoms with van der Waals surface area (Å²) in [5.41, 5.74) is 1.60. The third-order valence-corrected chi connectivity index (χ3v) is 3.94. The Bertz CT molecular complexity index is 950. The third kappa shape index (κ3) is 4.47. The molecule has 0 fully saturated rings. The van der Waals surface area contributed by atoms with Crippen LogP contribution in [0, 0.1) is 0 Å². The normalized spacial score (nSPS) is 11.2. The molecule has 138 valence electrons. The van der Waals surface area contributed by atoms with Crippen LogP contribution in [0.4, 0.5) is 13.2 Å². The fourth-order valence-corrected chi connectivity index (χ4v) is 2.69. The van der Waals surface area contributed by atoms with E-state index >= 15 is 0 Å². The second-order valence-corrected chi connectivity index (χ2v) is 5.84. The molecule has 0 aliphatic heterocycles. The van der Waals surface area contributed by atoms with Gasteiger partial charge >= 0.3 is 12.1 Å². The van der Waals surface area contributed by atoms with E-state index in [4.69, 9.17) is 9.84 Å². The zero-order chi connectivity index (χ0) is 19.4. The average molecular weight is 372 g/mol. The van der Waals surface area contributed by atoms with Crippen molar-refractivity contribution in [2.75, 3.05) is 6.61 Å². The summed E-state index contributed by atoms with van der Waals surface area (Å²) >= 11 is 0. The molecule has 27 heavy (non-hydrogen) atoms. The van der Waals surface area contributed by atoms with Crippen molar-refractivity contribution < 1.29 is 27.8 Å². The Hall–Kier alpha value is -3.28. The van der Waals surface area contributed by atoms with Gasteiger partial charge in [0.1, 0.15) is 5.75 Å². The van der Waals surface area contributed by atoms with E-state index in [0.717, 1.165) is 29.3 Å². The summed E-state index contributed by atoms with van der Waals surface area (Å²) in [4.78, 5) is 10.8. The summed E-state index contributed by atoms with van der Waals surface area (Å²) in [6.45, 7) is -0.642. The van der Waals surface area contributed by atoms with E-state index in [1.54, 1.807) is 18.2 Å². The Morgan fingerprint density at radius 3 is 2.19 bits per heavy atom. The average Bonchev–Trinajstić information content (AvgIpc) is 2.66. The fourth-order valence-electron chi connectivity index (χ4n) is 2.69. The maximum absolute atomic E-state index is 13.1. The molecule has 0 radical (unpaired) electrons. The van der Waals surface area contributed by atoms with Crippen LogP contribution in [0.1, 0.15) is 5.56 Å². The lowest BCUT2D eigenvalue weighted by atomic mass is 9.97. The molecule has 3 aromatic carbocycles. The zero-order valence-corrected chi connectivity index (χ0v) is 14.0. The van der Waals surface area contributed by atoms with Gasteiger partial charge in [0, 0.05) is 5.56 Å². The van der Waals surface area contributed by atoms with Crippen LogP contribution in [-0.4, -0.2) is 17.7 Å². The topological polar surface area (TPSA) is 46.5 Å². The number of halogens is 3. The molecule has 0 amide bonds. The molecule has 0 unspecified atom stereocenters. The lowest BCUT2D eigenvalue weighted by Crippen LogP contribution is -2.11. The lowest BCUT2D eigenvalue weighted by molar-refractivity contribution is -0.140. The first kappa shape index (κ1) is 18.5. The molecule has 0 aliphatic rings. The summed E-state index contributed by atoms with van der Waals surface area (Å²) < 4.78 is 44.6. The molecular formula is C21H15F3O3. The van der Waals surface area contributed by atoms with Gasteiger partial charge < -0.3 is 9.84 Å². The van der Waals surface area contributed by atoms with Crippen molar-refractivity contribution in [3.05, 3.63) is 78.4 Å². The number of ether oxygens (including phenoxy) is 1. The fraction of sp³-hybridized carbons (Fsp3) is 0.0952. The van der Waals surface area contributed by atoms with Crippen LogP contribution < -0.4 is 4.74 Å². The number of carboxylic acids is 1. The molecule has 1 N–H and O–H groups in total. The Kier molecular flexibility index (Phi) is 5.16. The monoisotopic (exact) mass is 372 g/mol. The number of alkyl halides is 3. The minimum atomic E-state index is -4.52. The van der Waals surface area contributed by atoms with Gasteiger partial charge in [0.05, 0.1) is 5.56 Å². The molecule has 0 aliphatic carbocycles. The predicted molar refractivity (Wildman–Crippen MR) is 95.4 cm³/mol. The highest BCUT2D eigenvalue weighted by molar-refractivity contribution is 5.77. The van der Waals surface area contributed by atoms with Crippen LogP contribution in [0.5, 0.6) is 5.75 Å². The molecule has 0 saturated heterocycles. The molecule has 0 bridgehead atoms. The quantitative estimate of drug-likeness (QED) is 0.643. The number of benzene rings is 3. The Morgan fingerprint density at radius 1 is 0.852 bits per heavy atom. The summed E-state index contributed by atoms with van der Waals surface area (Å²) in [5, 5.41) is 8.81. The first-order chi connectivity index (χ1) is 12.8. The maximum Gasteiger partial charge on any atom is 0.416 e. The van der Waals surface area contributed by atoms with Crippen molar-refractivity contribution >= 4 is 5.97 Å². The van der Waals surface area contributed by atoms with Crippen LogP contribution in [0.15, 0.2) is 72.8 Å². The van der Waals surface area contributed by atoms with E-state index < -0.39 is 24.3 Å². The van der Waals surface area contributed by atoms with Crippen LogP contribution in [0.3, 0.4) is 0 Å². The van der Waals surface area contributed by atoms with Crippen molar-refractivity contribution in [2.24, 2.45) is 0 Å². The van der Waals surface area contributed by atoms with Crippen LogP contribution in [0.2, 0.25) is 0 Å². The summed E-state index contributed by atoms with van der Waals surface area (Å²) in [6, 6.07) is 19.4. The first-order valence-corrected chi connectivity index (χ1v) is 8.06. The van der Waals surface area contributed by atoms with Gasteiger partial charge in [0.25, 0.3) is 0 Å². The van der Waals surface area contributed by atoms with Gasteiger partial charge in [-0.3, -0.25) is 0 Å². The number of carboxylic acid groups (broad SMARTS) is 1. The maximum atomic E-state index is 13.1. The molecule has 0 aromatic heterocycles. The van der Waals surface area contributed by atoms with Crippen LogP contribution >= 0.6 is 0 Å². The second-order valence-electron chi connectivity index (χ2n) is 5.84. The number of aliphatic carboxylic acids is 1. The van der Waals surface area contributed by atoms with Crippen molar-refractivity contribution in [3.63, 3.8) is 0 Å². The van der Waals surface area contributed by atoms with Crippen LogP contribution in [-0.2, 0) is 11.0 Å². The highest BCUT2D eigenvalue weighted by Gasteiger charge is 2.31. The van der Waals surface area contributed by atoms with E-state index in [-0.39, 0.29) is 11.3 Å². The highest BCUT2D eigenvalue weighted by atomic mass is 19.4. The Labute approximate surface area is 153 Å². The van der Waals surface area contributed by atoms with Gasteiger partial charge in [-0.2, -0.15) is 13.2 Å². The SMILES string of the molecule is O=C(O)COc1ccc(C(F)(F)F)cc1-c1cccc(-c2ccccc2)c1. The van der Waals surface area contributed by atoms with Gasteiger partial charge in [0.15, 0.2) is 6.61 Å². The molecule has 0 atom stereocenters. The first-order valence-electron chi connectivity index (χ1n) is 8.06. The van der Waals surface area contributed by atoms with Gasteiger partial charge in [-0.25, -0.2) is 4.79 Å². The molecule has 0 spiro atoms. The van der Waals surface area contributed by atoms with Gasteiger partial charge in [-0.05, 0) is 41.0 Å². The van der Waals surface area contributed by atoms with Gasteiger partial charge in [-0.15, -0.1) is 0 Å². The smallest absolute Gasteiger partial charge is 0.416 e. The van der Waals surface area contributed by atoms with Crippen molar-refractivity contribution in [1.82, 2.24) is 0 Å². The van der Waals surface area contributed by atoms with Crippen molar-refractivity contribution in [1.29, 1.82) is 0 Å². The highest BCUT2D eigenvalue weighted by Crippen LogP contribution is 2.38. The minimum Gasteiger partial charge on any atom is -0.481 e. The largest absolute Gasteiger partial charge is 0.481 e. The molecule has 3 rings (SSSR count). The third-order valence-electron chi connectivity index (χ3n) is 3.94. The minimum absolute atomic E-state index is 0.0793. The second kappa shape index (κ2) is 7.53. The standard InChI is InChI=1S/C21H15F3O3/c22-21(23,24)17-9-10-19(27-13-20(25)26)18(12-17)16-8-4-7-15(11-16)14-5-2-1-3-6-14/h1-12H,13H2,(H,25,26). The van der Waals surface area contributed by atoms with E-state index in [1.807, 2.05) is 36.4 Å². The Balaban J connectivity index is 2.09. The van der Waals surface area contributed by atoms with E-state index in [1.165, 1.54) is 0 Å². The number of carbonyl (C=O) groups is 1. The van der Waals surface area contributed by atoms with Crippen LogP contribution in [0.25, 0.3) is 22.3 Å². The predicted octanol–water partition coefficient (Wildman–Crippen LogP) is 5.50. The summed E-state index contributed by atoms with van der Waals surface area (Å²) in [5.74, 6) is -1.13. The zero-order valence-electron chi connectivity index (χ0n) is 14.0. The van der Waals surface area contributed by atoms with E-state index in [0.29, 0.717) is 5.56 Å². The molecular weight excluding hydrogens is 357 g/mol. The van der Waals surface area contributed by atoms with Gasteiger partial charge in [-0.1, -0.05) is 48.5 Å². The molecule has 6 heteroatoms. The summed E-state index contributed by atoms with van der Waals surface area (Å²) in [7, 11) is 0. The summed E-state index contributed by atoms with van der Waals surface area (Å²) in [6.07, 6.45) is -4.52. The number of hydrogen-bond acceptors (Lipinski definition) is 2. The number of hydrogen-bond donors (Lipinski definition) is 1. The lowest BCUT2D eigenvalue weighted by Gasteiger charge is -2.15. The van der Waals surface area contributed by atoms with E-state index in [9.17, 15) is 18.0 Å².